The van der Waals surface area contributed by atoms with E-state index in [4.69, 9.17) is 18.0 Å². The van der Waals surface area contributed by atoms with Gasteiger partial charge < -0.3 is 10.6 Å². The van der Waals surface area contributed by atoms with Crippen molar-refractivity contribution in [2.45, 2.75) is 64.7 Å². The maximum absolute atomic E-state index is 5.71. The number of nitrogens with two attached hydrogens (primary N) is 1. The second kappa shape index (κ2) is 9.74. The van der Waals surface area contributed by atoms with Crippen LogP contribution in [0.1, 0.15) is 64.7 Å². The highest BCUT2D eigenvalue weighted by Gasteiger charge is 2.20. The van der Waals surface area contributed by atoms with Gasteiger partial charge in [0.15, 0.2) is 0 Å². The van der Waals surface area contributed by atoms with Crippen LogP contribution in [-0.2, 0) is 0 Å². The van der Waals surface area contributed by atoms with Crippen molar-refractivity contribution >= 4 is 17.2 Å². The molecule has 2 N–H and O–H groups in total. The van der Waals surface area contributed by atoms with E-state index in [0.29, 0.717) is 5.92 Å². The van der Waals surface area contributed by atoms with Crippen molar-refractivity contribution in [3.05, 3.63) is 0 Å². The quantitative estimate of drug-likeness (QED) is 0.511. The SMILES string of the molecule is CCCCCCCCCN1CCC(C(N)=S)CC1. The van der Waals surface area contributed by atoms with E-state index in [2.05, 4.69) is 11.8 Å². The second-order valence-electron chi connectivity index (χ2n) is 5.64. The summed E-state index contributed by atoms with van der Waals surface area (Å²) < 4.78 is 0. The molecule has 1 saturated heterocycles. The zero-order valence-electron chi connectivity index (χ0n) is 12.0. The molecule has 0 atom stereocenters. The van der Waals surface area contributed by atoms with E-state index in [1.54, 1.807) is 0 Å². The first kappa shape index (κ1) is 15.9. The molecule has 3 heteroatoms. The first-order valence-corrected chi connectivity index (χ1v) is 8.16. The molecule has 1 rings (SSSR count). The Balaban J connectivity index is 1.93. The van der Waals surface area contributed by atoms with E-state index in [0.717, 1.165) is 4.99 Å². The first-order chi connectivity index (χ1) is 8.74. The van der Waals surface area contributed by atoms with Crippen molar-refractivity contribution < 1.29 is 0 Å². The number of unbranched alkanes of at least 4 members (excludes halogenated alkanes) is 6. The first-order valence-electron chi connectivity index (χ1n) is 7.75. The molecule has 106 valence electrons. The van der Waals surface area contributed by atoms with Gasteiger partial charge in [0.25, 0.3) is 0 Å². The van der Waals surface area contributed by atoms with Gasteiger partial charge in [-0.2, -0.15) is 0 Å². The monoisotopic (exact) mass is 270 g/mol. The predicted octanol–water partition coefficient (Wildman–Crippen LogP) is 3.74. The average molecular weight is 270 g/mol. The Morgan fingerprint density at radius 3 is 2.17 bits per heavy atom. The maximum Gasteiger partial charge on any atom is 0.0759 e. The molecule has 1 aliphatic heterocycles. The third kappa shape index (κ3) is 6.69. The molecule has 0 bridgehead atoms. The number of piperidine rings is 1. The molecule has 0 radical (unpaired) electrons. The molecule has 1 heterocycles. The van der Waals surface area contributed by atoms with E-state index in [1.807, 2.05) is 0 Å². The van der Waals surface area contributed by atoms with Gasteiger partial charge in [-0.15, -0.1) is 0 Å². The number of rotatable bonds is 9. The number of hydrogen-bond acceptors (Lipinski definition) is 2. The van der Waals surface area contributed by atoms with E-state index in [1.165, 1.54) is 77.4 Å². The molecular weight excluding hydrogens is 240 g/mol. The van der Waals surface area contributed by atoms with Crippen LogP contribution in [0.25, 0.3) is 0 Å². The minimum Gasteiger partial charge on any atom is -0.393 e. The van der Waals surface area contributed by atoms with Gasteiger partial charge in [-0.1, -0.05) is 57.7 Å². The fourth-order valence-electron chi connectivity index (χ4n) is 2.73. The molecule has 0 aliphatic carbocycles. The lowest BCUT2D eigenvalue weighted by atomic mass is 9.97. The van der Waals surface area contributed by atoms with Crippen molar-refractivity contribution in [3.8, 4) is 0 Å². The summed E-state index contributed by atoms with van der Waals surface area (Å²) >= 11 is 5.07. The highest BCUT2D eigenvalue weighted by molar-refractivity contribution is 7.80. The van der Waals surface area contributed by atoms with Crippen LogP contribution < -0.4 is 5.73 Å². The molecule has 0 spiro atoms. The smallest absolute Gasteiger partial charge is 0.0759 e. The van der Waals surface area contributed by atoms with Gasteiger partial charge in [-0.25, -0.2) is 0 Å². The van der Waals surface area contributed by atoms with E-state index >= 15 is 0 Å². The van der Waals surface area contributed by atoms with E-state index in [-0.39, 0.29) is 0 Å². The zero-order valence-corrected chi connectivity index (χ0v) is 12.8. The Kier molecular flexibility index (Phi) is 8.60. The highest BCUT2D eigenvalue weighted by Crippen LogP contribution is 2.18. The van der Waals surface area contributed by atoms with Crippen LogP contribution >= 0.6 is 12.2 Å². The largest absolute Gasteiger partial charge is 0.393 e. The Morgan fingerprint density at radius 1 is 1.06 bits per heavy atom. The molecule has 2 nitrogen and oxygen atoms in total. The second-order valence-corrected chi connectivity index (χ2v) is 6.11. The molecule has 0 unspecified atom stereocenters. The van der Waals surface area contributed by atoms with Gasteiger partial charge in [0.05, 0.1) is 4.99 Å². The standard InChI is InChI=1S/C15H30N2S/c1-2-3-4-5-6-7-8-11-17-12-9-14(10-13-17)15(16)18/h14H,2-13H2,1H3,(H2,16,18). The van der Waals surface area contributed by atoms with Crippen molar-refractivity contribution in [1.82, 2.24) is 4.90 Å². The third-order valence-electron chi connectivity index (χ3n) is 4.07. The van der Waals surface area contributed by atoms with Crippen LogP contribution in [-0.4, -0.2) is 29.5 Å². The molecule has 1 aliphatic rings. The topological polar surface area (TPSA) is 29.3 Å². The fraction of sp³-hybridized carbons (Fsp3) is 0.933. The van der Waals surface area contributed by atoms with Crippen LogP contribution in [0, 0.1) is 5.92 Å². The zero-order chi connectivity index (χ0) is 13.2. The van der Waals surface area contributed by atoms with Gasteiger partial charge in [0.2, 0.25) is 0 Å². The fourth-order valence-corrected chi connectivity index (χ4v) is 2.97. The van der Waals surface area contributed by atoms with Crippen LogP contribution in [0.3, 0.4) is 0 Å². The molecule has 18 heavy (non-hydrogen) atoms. The summed E-state index contributed by atoms with van der Waals surface area (Å²) in [5.41, 5.74) is 5.71. The van der Waals surface area contributed by atoms with E-state index in [9.17, 15) is 0 Å². The van der Waals surface area contributed by atoms with Gasteiger partial charge >= 0.3 is 0 Å². The minimum absolute atomic E-state index is 0.505. The number of likely N-dealkylation sites (tertiary alicyclic amines) is 1. The molecule has 0 aromatic carbocycles. The minimum atomic E-state index is 0.505. The van der Waals surface area contributed by atoms with Crippen molar-refractivity contribution in [2.75, 3.05) is 19.6 Å². The molecule has 0 aromatic rings. The summed E-state index contributed by atoms with van der Waals surface area (Å²) in [6.07, 6.45) is 12.1. The van der Waals surface area contributed by atoms with Crippen LogP contribution in [0.4, 0.5) is 0 Å². The Bertz CT molecular complexity index is 223. The van der Waals surface area contributed by atoms with Crippen molar-refractivity contribution in [1.29, 1.82) is 0 Å². The summed E-state index contributed by atoms with van der Waals surface area (Å²) in [6, 6.07) is 0. The molecular formula is C15H30N2S. The van der Waals surface area contributed by atoms with Crippen molar-refractivity contribution in [2.24, 2.45) is 11.7 Å². The van der Waals surface area contributed by atoms with Crippen LogP contribution in [0.15, 0.2) is 0 Å². The predicted molar refractivity (Wildman–Crippen MR) is 83.9 cm³/mol. The van der Waals surface area contributed by atoms with Gasteiger partial charge in [0, 0.05) is 5.92 Å². The molecule has 1 fully saturated rings. The lowest BCUT2D eigenvalue weighted by molar-refractivity contribution is 0.206. The normalized spacial score (nSPS) is 18.1. The summed E-state index contributed by atoms with van der Waals surface area (Å²) in [4.78, 5) is 3.31. The average Bonchev–Trinajstić information content (AvgIpc) is 2.38. The summed E-state index contributed by atoms with van der Waals surface area (Å²) in [5.74, 6) is 0.505. The number of hydrogen-bond donors (Lipinski definition) is 1. The highest BCUT2D eigenvalue weighted by atomic mass is 32.1. The van der Waals surface area contributed by atoms with Crippen LogP contribution in [0.2, 0.25) is 0 Å². The Hall–Kier alpha value is -0.150. The summed E-state index contributed by atoms with van der Waals surface area (Å²) in [5, 5.41) is 0. The lowest BCUT2D eigenvalue weighted by Gasteiger charge is -2.31. The number of nitrogens with zero attached hydrogens (tertiary/aromatic N) is 1. The van der Waals surface area contributed by atoms with Crippen LogP contribution in [0.5, 0.6) is 0 Å². The van der Waals surface area contributed by atoms with Crippen molar-refractivity contribution in [3.63, 3.8) is 0 Å². The molecule has 0 amide bonds. The maximum atomic E-state index is 5.71. The molecule has 0 saturated carbocycles. The summed E-state index contributed by atoms with van der Waals surface area (Å²) in [6.45, 7) is 5.93. The van der Waals surface area contributed by atoms with Gasteiger partial charge in [-0.3, -0.25) is 0 Å². The van der Waals surface area contributed by atoms with Gasteiger partial charge in [0.1, 0.15) is 0 Å². The molecule has 0 aromatic heterocycles. The number of thiocarbonyl (C=S) groups is 1. The van der Waals surface area contributed by atoms with E-state index < -0.39 is 0 Å². The summed E-state index contributed by atoms with van der Waals surface area (Å²) in [7, 11) is 0. The van der Waals surface area contributed by atoms with Gasteiger partial charge in [-0.05, 0) is 38.9 Å². The Labute approximate surface area is 118 Å². The lowest BCUT2D eigenvalue weighted by Crippen LogP contribution is -2.38. The Morgan fingerprint density at radius 2 is 1.61 bits per heavy atom. The third-order valence-corrected chi connectivity index (χ3v) is 4.40.